The Kier molecular flexibility index (Phi) is 5.68. The Balaban J connectivity index is 1.65. The fraction of sp³-hybridized carbons (Fsp3) is 0.211. The van der Waals surface area contributed by atoms with Gasteiger partial charge in [0.25, 0.3) is 0 Å². The molecule has 7 heteroatoms. The molecule has 0 N–H and O–H groups in total. The average molecular weight is 370 g/mol. The topological polar surface area (TPSA) is 51.0 Å². The lowest BCUT2D eigenvalue weighted by Gasteiger charge is -2.17. The zero-order chi connectivity index (χ0) is 18.5. The van der Waals surface area contributed by atoms with Crippen molar-refractivity contribution in [2.24, 2.45) is 0 Å². The molecule has 134 valence electrons. The van der Waals surface area contributed by atoms with Crippen LogP contribution in [-0.2, 0) is 11.3 Å². The number of benzene rings is 2. The molecule has 1 heterocycles. The minimum atomic E-state index is -0.306. The van der Waals surface area contributed by atoms with Gasteiger partial charge >= 0.3 is 0 Å². The van der Waals surface area contributed by atoms with Gasteiger partial charge < -0.3 is 4.90 Å². The van der Waals surface area contributed by atoms with Crippen LogP contribution in [0.1, 0.15) is 11.1 Å². The van der Waals surface area contributed by atoms with Gasteiger partial charge in [0.05, 0.1) is 11.4 Å². The third-order valence-corrected chi connectivity index (χ3v) is 4.94. The predicted octanol–water partition coefficient (Wildman–Crippen LogP) is 3.47. The average Bonchev–Trinajstić information content (AvgIpc) is 3.10. The maximum atomic E-state index is 13.7. The molecule has 0 unspecified atom stereocenters. The lowest BCUT2D eigenvalue weighted by atomic mass is 10.2. The van der Waals surface area contributed by atoms with Crippen LogP contribution in [0.25, 0.3) is 5.69 Å². The van der Waals surface area contributed by atoms with Gasteiger partial charge in [0, 0.05) is 19.2 Å². The van der Waals surface area contributed by atoms with Crippen LogP contribution in [0.3, 0.4) is 0 Å². The second kappa shape index (κ2) is 8.14. The molecular weight excluding hydrogens is 351 g/mol. The fourth-order valence-electron chi connectivity index (χ4n) is 2.53. The molecule has 0 radical (unpaired) electrons. The number of hydrogen-bond acceptors (Lipinski definition) is 4. The zero-order valence-electron chi connectivity index (χ0n) is 14.6. The van der Waals surface area contributed by atoms with Gasteiger partial charge in [-0.3, -0.25) is 9.36 Å². The Labute approximate surface area is 155 Å². The van der Waals surface area contributed by atoms with Gasteiger partial charge in [0.1, 0.15) is 12.1 Å². The molecule has 5 nitrogen and oxygen atoms in total. The van der Waals surface area contributed by atoms with Crippen molar-refractivity contribution in [1.29, 1.82) is 0 Å². The van der Waals surface area contributed by atoms with Crippen LogP contribution < -0.4 is 0 Å². The van der Waals surface area contributed by atoms with E-state index in [0.717, 1.165) is 11.3 Å². The molecule has 0 aliphatic carbocycles. The summed E-state index contributed by atoms with van der Waals surface area (Å²) in [5, 5.41) is 8.71. The first-order chi connectivity index (χ1) is 12.6. The number of halogens is 1. The van der Waals surface area contributed by atoms with E-state index < -0.39 is 0 Å². The van der Waals surface area contributed by atoms with E-state index in [1.807, 2.05) is 35.8 Å². The minimum Gasteiger partial charge on any atom is -0.341 e. The molecule has 0 atom stereocenters. The van der Waals surface area contributed by atoms with E-state index in [9.17, 15) is 9.18 Å². The lowest BCUT2D eigenvalue weighted by Crippen LogP contribution is -2.28. The van der Waals surface area contributed by atoms with E-state index in [-0.39, 0.29) is 24.0 Å². The number of thioether (sulfide) groups is 1. The number of rotatable bonds is 6. The summed E-state index contributed by atoms with van der Waals surface area (Å²) >= 11 is 1.31. The molecule has 1 amide bonds. The zero-order valence-corrected chi connectivity index (χ0v) is 15.4. The van der Waals surface area contributed by atoms with Gasteiger partial charge in [-0.15, -0.1) is 10.2 Å². The molecule has 1 aromatic heterocycles. The molecule has 0 saturated heterocycles. The van der Waals surface area contributed by atoms with Gasteiger partial charge in [-0.25, -0.2) is 4.39 Å². The quantitative estimate of drug-likeness (QED) is 0.624. The Hall–Kier alpha value is -2.67. The monoisotopic (exact) mass is 370 g/mol. The summed E-state index contributed by atoms with van der Waals surface area (Å²) in [4.78, 5) is 13.9. The molecule has 2 aromatic carbocycles. The van der Waals surface area contributed by atoms with Crippen molar-refractivity contribution in [3.05, 3.63) is 71.8 Å². The number of amides is 1. The lowest BCUT2D eigenvalue weighted by molar-refractivity contribution is -0.127. The minimum absolute atomic E-state index is 0.0995. The molecule has 0 spiro atoms. The van der Waals surface area contributed by atoms with E-state index in [2.05, 4.69) is 10.2 Å². The molecule has 0 aliphatic rings. The first-order valence-corrected chi connectivity index (χ1v) is 9.11. The normalized spacial score (nSPS) is 10.7. The third kappa shape index (κ3) is 4.11. The van der Waals surface area contributed by atoms with Gasteiger partial charge in [-0.1, -0.05) is 48.2 Å². The molecule has 3 rings (SSSR count). The standard InChI is InChI=1S/C19H19FN4OS/c1-14-7-3-6-10-17(14)24-13-21-22-19(24)26-12-18(25)23(2)11-15-8-4-5-9-16(15)20/h3-10,13H,11-12H2,1-2H3. The molecular formula is C19H19FN4OS. The number of hydrogen-bond donors (Lipinski definition) is 0. The maximum Gasteiger partial charge on any atom is 0.233 e. The van der Waals surface area contributed by atoms with Crippen LogP contribution in [0.2, 0.25) is 0 Å². The molecule has 0 bridgehead atoms. The second-order valence-electron chi connectivity index (χ2n) is 5.90. The largest absolute Gasteiger partial charge is 0.341 e. The highest BCUT2D eigenvalue weighted by molar-refractivity contribution is 7.99. The van der Waals surface area contributed by atoms with Crippen LogP contribution in [-0.4, -0.2) is 38.4 Å². The van der Waals surface area contributed by atoms with E-state index in [1.165, 1.54) is 22.7 Å². The molecule has 0 saturated carbocycles. The maximum absolute atomic E-state index is 13.7. The van der Waals surface area contributed by atoms with Crippen molar-refractivity contribution < 1.29 is 9.18 Å². The Morgan fingerprint density at radius 1 is 1.19 bits per heavy atom. The van der Waals surface area contributed by atoms with E-state index in [1.54, 1.807) is 31.6 Å². The van der Waals surface area contributed by atoms with Crippen LogP contribution in [0.15, 0.2) is 60.0 Å². The number of carbonyl (C=O) groups is 1. The molecule has 3 aromatic rings. The summed E-state index contributed by atoms with van der Waals surface area (Å²) < 4.78 is 15.6. The second-order valence-corrected chi connectivity index (χ2v) is 6.84. The summed E-state index contributed by atoms with van der Waals surface area (Å²) in [6.45, 7) is 2.24. The number of aromatic nitrogens is 3. The van der Waals surface area contributed by atoms with Crippen molar-refractivity contribution in [2.75, 3.05) is 12.8 Å². The fourth-order valence-corrected chi connectivity index (χ4v) is 3.39. The molecule has 26 heavy (non-hydrogen) atoms. The van der Waals surface area contributed by atoms with Crippen LogP contribution >= 0.6 is 11.8 Å². The van der Waals surface area contributed by atoms with Crippen LogP contribution in [0.4, 0.5) is 4.39 Å². The first-order valence-electron chi connectivity index (χ1n) is 8.12. The Morgan fingerprint density at radius 2 is 1.92 bits per heavy atom. The third-order valence-electron chi connectivity index (χ3n) is 4.01. The first kappa shape index (κ1) is 18.1. The van der Waals surface area contributed by atoms with Crippen molar-refractivity contribution in [3.63, 3.8) is 0 Å². The van der Waals surface area contributed by atoms with Crippen LogP contribution in [0, 0.1) is 12.7 Å². The van der Waals surface area contributed by atoms with Crippen molar-refractivity contribution in [2.45, 2.75) is 18.6 Å². The van der Waals surface area contributed by atoms with Crippen LogP contribution in [0.5, 0.6) is 0 Å². The smallest absolute Gasteiger partial charge is 0.233 e. The SMILES string of the molecule is Cc1ccccc1-n1cnnc1SCC(=O)N(C)Cc1ccccc1F. The predicted molar refractivity (Wildman–Crippen MR) is 99.7 cm³/mol. The number of para-hydroxylation sites is 1. The van der Waals surface area contributed by atoms with Gasteiger partial charge in [0.15, 0.2) is 5.16 Å². The summed E-state index contributed by atoms with van der Waals surface area (Å²) in [6.07, 6.45) is 1.64. The summed E-state index contributed by atoms with van der Waals surface area (Å²) in [5.41, 5.74) is 2.57. The van der Waals surface area contributed by atoms with Crippen molar-refractivity contribution in [3.8, 4) is 5.69 Å². The number of carbonyl (C=O) groups excluding carboxylic acids is 1. The molecule has 0 fully saturated rings. The summed E-state index contributed by atoms with van der Waals surface area (Å²) in [6, 6.07) is 14.4. The van der Waals surface area contributed by atoms with Crippen molar-refractivity contribution >= 4 is 17.7 Å². The highest BCUT2D eigenvalue weighted by atomic mass is 32.2. The highest BCUT2D eigenvalue weighted by Gasteiger charge is 2.15. The molecule has 0 aliphatic heterocycles. The van der Waals surface area contributed by atoms with Crippen molar-refractivity contribution in [1.82, 2.24) is 19.7 Å². The van der Waals surface area contributed by atoms with Gasteiger partial charge in [-0.05, 0) is 24.6 Å². The summed E-state index contributed by atoms with van der Waals surface area (Å²) in [5.74, 6) is -0.202. The summed E-state index contributed by atoms with van der Waals surface area (Å²) in [7, 11) is 1.67. The van der Waals surface area contributed by atoms with E-state index in [4.69, 9.17) is 0 Å². The number of aryl methyl sites for hydroxylation is 1. The Morgan fingerprint density at radius 3 is 2.69 bits per heavy atom. The number of nitrogens with zero attached hydrogens (tertiary/aromatic N) is 4. The van der Waals surface area contributed by atoms with E-state index in [0.29, 0.717) is 10.7 Å². The van der Waals surface area contributed by atoms with E-state index >= 15 is 0 Å². The Bertz CT molecular complexity index is 912. The van der Waals surface area contributed by atoms with Gasteiger partial charge in [0.2, 0.25) is 5.91 Å². The highest BCUT2D eigenvalue weighted by Crippen LogP contribution is 2.22. The van der Waals surface area contributed by atoms with Gasteiger partial charge in [-0.2, -0.15) is 0 Å².